The second kappa shape index (κ2) is 10.1. The van der Waals surface area contributed by atoms with Gasteiger partial charge in [0.15, 0.2) is 0 Å². The highest BCUT2D eigenvalue weighted by Gasteiger charge is 2.37. The monoisotopic (exact) mass is 408 g/mol. The molecule has 1 aromatic carbocycles. The van der Waals surface area contributed by atoms with E-state index in [0.717, 1.165) is 5.56 Å². The molecule has 8 nitrogen and oxygen atoms in total. The van der Waals surface area contributed by atoms with E-state index in [-0.39, 0.29) is 18.2 Å². The number of amides is 4. The van der Waals surface area contributed by atoms with E-state index in [0.29, 0.717) is 19.4 Å². The highest BCUT2D eigenvalue weighted by Crippen LogP contribution is 2.19. The number of rotatable bonds is 8. The maximum Gasteiger partial charge on any atom is 0.246 e. The maximum absolute atomic E-state index is 13.1. The largest absolute Gasteiger partial charge is 0.368 e. The number of nitrogens with one attached hydrogen (secondary N) is 2. The van der Waals surface area contributed by atoms with E-state index in [1.807, 2.05) is 30.3 Å². The molecule has 4 amide bonds. The van der Waals surface area contributed by atoms with Crippen LogP contribution in [0.4, 0.5) is 0 Å². The molecule has 0 unspecified atom stereocenters. The van der Waals surface area contributed by atoms with Crippen molar-refractivity contribution < 1.29 is 19.2 Å². The van der Waals surface area contributed by atoms with Gasteiger partial charge in [-0.2, -0.15) is 0 Å². The molecule has 0 aromatic heterocycles. The number of nitrogens with two attached hydrogens (primary N) is 1. The molecule has 9 heteroatoms. The highest BCUT2D eigenvalue weighted by molar-refractivity contribution is 6.27. The molecular formula is C19H25ClN4O4. The molecule has 2 rings (SSSR count). The Bertz CT molecular complexity index is 728. The molecule has 1 aliphatic heterocycles. The van der Waals surface area contributed by atoms with Crippen LogP contribution in [0.15, 0.2) is 30.3 Å². The molecule has 0 spiro atoms. The minimum atomic E-state index is -0.884. The van der Waals surface area contributed by atoms with Gasteiger partial charge in [-0.05, 0) is 25.3 Å². The van der Waals surface area contributed by atoms with Crippen LogP contribution in [0.2, 0.25) is 0 Å². The summed E-state index contributed by atoms with van der Waals surface area (Å²) in [5, 5.41) is 5.14. The highest BCUT2D eigenvalue weighted by atomic mass is 35.5. The number of primary amides is 1. The molecule has 0 radical (unpaired) electrons. The SMILES string of the molecule is C[C@H](NC(=O)CCl)C(=O)N[C@@H](Cc1ccccc1)C(=O)N1CCC[C@H]1C(N)=O. The van der Waals surface area contributed by atoms with E-state index in [9.17, 15) is 19.2 Å². The normalized spacial score (nSPS) is 18.2. The third-order valence-corrected chi connectivity index (χ3v) is 4.90. The van der Waals surface area contributed by atoms with Gasteiger partial charge < -0.3 is 21.3 Å². The summed E-state index contributed by atoms with van der Waals surface area (Å²) in [4.78, 5) is 50.1. The van der Waals surface area contributed by atoms with Gasteiger partial charge in [-0.3, -0.25) is 19.2 Å². The van der Waals surface area contributed by atoms with Gasteiger partial charge in [0, 0.05) is 13.0 Å². The Morgan fingerprint density at radius 2 is 1.89 bits per heavy atom. The van der Waals surface area contributed by atoms with Gasteiger partial charge in [0.25, 0.3) is 0 Å². The summed E-state index contributed by atoms with van der Waals surface area (Å²) in [6.45, 7) is 1.91. The van der Waals surface area contributed by atoms with Gasteiger partial charge >= 0.3 is 0 Å². The summed E-state index contributed by atoms with van der Waals surface area (Å²) in [6, 6.07) is 6.81. The van der Waals surface area contributed by atoms with Gasteiger partial charge in [-0.25, -0.2) is 0 Å². The number of carbonyl (C=O) groups is 4. The minimum absolute atomic E-state index is 0.254. The van der Waals surface area contributed by atoms with Gasteiger partial charge in [0.2, 0.25) is 23.6 Å². The summed E-state index contributed by atoms with van der Waals surface area (Å²) >= 11 is 5.45. The van der Waals surface area contributed by atoms with E-state index in [2.05, 4.69) is 10.6 Å². The molecule has 3 atom stereocenters. The number of hydrogen-bond acceptors (Lipinski definition) is 4. The fraction of sp³-hybridized carbons (Fsp3) is 0.474. The first kappa shape index (κ1) is 21.7. The molecule has 1 aromatic rings. The lowest BCUT2D eigenvalue weighted by atomic mass is 10.0. The summed E-state index contributed by atoms with van der Waals surface area (Å²) in [7, 11) is 0. The number of halogens is 1. The van der Waals surface area contributed by atoms with Crippen molar-refractivity contribution in [3.63, 3.8) is 0 Å². The van der Waals surface area contributed by atoms with Crippen LogP contribution in [0.1, 0.15) is 25.3 Å². The number of alkyl halides is 1. The third kappa shape index (κ3) is 5.69. The zero-order chi connectivity index (χ0) is 20.7. The molecular weight excluding hydrogens is 384 g/mol. The average molecular weight is 409 g/mol. The summed E-state index contributed by atoms with van der Waals surface area (Å²) < 4.78 is 0. The average Bonchev–Trinajstić information content (AvgIpc) is 3.17. The Kier molecular flexibility index (Phi) is 7.80. The molecule has 0 aliphatic carbocycles. The van der Waals surface area contributed by atoms with E-state index >= 15 is 0 Å². The van der Waals surface area contributed by atoms with Crippen molar-refractivity contribution in [3.8, 4) is 0 Å². The molecule has 0 saturated carbocycles. The van der Waals surface area contributed by atoms with Crippen LogP contribution >= 0.6 is 11.6 Å². The van der Waals surface area contributed by atoms with Crippen LogP contribution in [-0.4, -0.2) is 59.1 Å². The predicted molar refractivity (Wildman–Crippen MR) is 104 cm³/mol. The Hall–Kier alpha value is -2.61. The molecule has 0 bridgehead atoms. The standard InChI is InChI=1S/C19H25ClN4O4/c1-12(22-16(25)11-20)18(27)23-14(10-13-6-3-2-4-7-13)19(28)24-9-5-8-15(24)17(21)26/h2-4,6-7,12,14-15H,5,8-11H2,1H3,(H2,21,26)(H,22,25)(H,23,27)/t12-,14-,15-/m0/s1. The fourth-order valence-electron chi connectivity index (χ4n) is 3.22. The third-order valence-electron chi connectivity index (χ3n) is 4.65. The number of carbonyl (C=O) groups excluding carboxylic acids is 4. The van der Waals surface area contributed by atoms with Crippen LogP contribution < -0.4 is 16.4 Å². The number of likely N-dealkylation sites (tertiary alicyclic amines) is 1. The molecule has 28 heavy (non-hydrogen) atoms. The number of hydrogen-bond donors (Lipinski definition) is 3. The molecule has 1 heterocycles. The van der Waals surface area contributed by atoms with E-state index in [1.165, 1.54) is 11.8 Å². The van der Waals surface area contributed by atoms with Gasteiger partial charge in [-0.15, -0.1) is 11.6 Å². The van der Waals surface area contributed by atoms with Gasteiger partial charge in [-0.1, -0.05) is 30.3 Å². The number of benzene rings is 1. The Morgan fingerprint density at radius 1 is 1.21 bits per heavy atom. The lowest BCUT2D eigenvalue weighted by Crippen LogP contribution is -2.56. The Labute approximate surface area is 168 Å². The topological polar surface area (TPSA) is 122 Å². The second-order valence-corrected chi connectivity index (χ2v) is 7.03. The van der Waals surface area contributed by atoms with Crippen molar-refractivity contribution in [1.82, 2.24) is 15.5 Å². The van der Waals surface area contributed by atoms with E-state index in [4.69, 9.17) is 17.3 Å². The van der Waals surface area contributed by atoms with Crippen molar-refractivity contribution in [1.29, 1.82) is 0 Å². The van der Waals surface area contributed by atoms with Crippen molar-refractivity contribution in [2.45, 2.75) is 44.3 Å². The maximum atomic E-state index is 13.1. The van der Waals surface area contributed by atoms with Crippen LogP contribution in [0.5, 0.6) is 0 Å². The van der Waals surface area contributed by atoms with Crippen molar-refractivity contribution in [2.24, 2.45) is 5.73 Å². The second-order valence-electron chi connectivity index (χ2n) is 6.77. The molecule has 152 valence electrons. The van der Waals surface area contributed by atoms with E-state index < -0.39 is 35.8 Å². The minimum Gasteiger partial charge on any atom is -0.368 e. The van der Waals surface area contributed by atoms with Crippen LogP contribution in [0.25, 0.3) is 0 Å². The predicted octanol–water partition coefficient (Wildman–Crippen LogP) is -0.0663. The van der Waals surface area contributed by atoms with Crippen LogP contribution in [0.3, 0.4) is 0 Å². The number of nitrogens with zero attached hydrogens (tertiary/aromatic N) is 1. The summed E-state index contributed by atoms with van der Waals surface area (Å²) in [5.41, 5.74) is 6.27. The molecule has 1 aliphatic rings. The molecule has 1 fully saturated rings. The van der Waals surface area contributed by atoms with Gasteiger partial charge in [0.1, 0.15) is 24.0 Å². The quantitative estimate of drug-likeness (QED) is 0.521. The first-order valence-electron chi connectivity index (χ1n) is 9.13. The first-order valence-corrected chi connectivity index (χ1v) is 9.66. The van der Waals surface area contributed by atoms with Crippen molar-refractivity contribution in [2.75, 3.05) is 12.4 Å². The van der Waals surface area contributed by atoms with Crippen molar-refractivity contribution in [3.05, 3.63) is 35.9 Å². The van der Waals surface area contributed by atoms with Crippen LogP contribution in [-0.2, 0) is 25.6 Å². The zero-order valence-electron chi connectivity index (χ0n) is 15.7. The smallest absolute Gasteiger partial charge is 0.246 e. The lowest BCUT2D eigenvalue weighted by Gasteiger charge is -2.28. The van der Waals surface area contributed by atoms with Crippen molar-refractivity contribution >= 4 is 35.2 Å². The first-order chi connectivity index (χ1) is 13.3. The Balaban J connectivity index is 2.17. The fourth-order valence-corrected chi connectivity index (χ4v) is 3.30. The molecule has 1 saturated heterocycles. The molecule has 4 N–H and O–H groups in total. The lowest BCUT2D eigenvalue weighted by molar-refractivity contribution is -0.140. The van der Waals surface area contributed by atoms with E-state index in [1.54, 1.807) is 0 Å². The van der Waals surface area contributed by atoms with Crippen LogP contribution in [0, 0.1) is 0 Å². The zero-order valence-corrected chi connectivity index (χ0v) is 16.4. The summed E-state index contributed by atoms with van der Waals surface area (Å²) in [5.74, 6) is -2.18. The van der Waals surface area contributed by atoms with Gasteiger partial charge in [0.05, 0.1) is 0 Å². The summed E-state index contributed by atoms with van der Waals surface area (Å²) in [6.07, 6.45) is 1.44. The Morgan fingerprint density at radius 3 is 2.50 bits per heavy atom.